The van der Waals surface area contributed by atoms with Gasteiger partial charge in [0.05, 0.1) is 12.1 Å². The van der Waals surface area contributed by atoms with Gasteiger partial charge in [0.2, 0.25) is 0 Å². The fraction of sp³-hybridized carbons (Fsp3) is 0.182. The predicted molar refractivity (Wildman–Crippen MR) is 112 cm³/mol. The number of aliphatic hydroxyl groups excluding tert-OH is 1. The van der Waals surface area contributed by atoms with Crippen molar-refractivity contribution in [2.75, 3.05) is 0 Å². The molecule has 28 heavy (non-hydrogen) atoms. The summed E-state index contributed by atoms with van der Waals surface area (Å²) < 4.78 is 0. The molecule has 1 fully saturated rings. The van der Waals surface area contributed by atoms with Gasteiger partial charge in [-0.2, -0.15) is 0 Å². The molecule has 2 aromatic heterocycles. The van der Waals surface area contributed by atoms with Crippen molar-refractivity contribution in [2.45, 2.75) is 26.4 Å². The summed E-state index contributed by atoms with van der Waals surface area (Å²) in [7, 11) is 0. The smallest absolute Gasteiger partial charge is 0.296 e. The van der Waals surface area contributed by atoms with Crippen molar-refractivity contribution >= 4 is 40.1 Å². The molecule has 1 amide bonds. The SMILES string of the molecule is Cc1ccc(/C(O)=C2/C(=O)C(=O)N(Cc3cccs3)C2c2cccs2)cc1C. The van der Waals surface area contributed by atoms with Crippen molar-refractivity contribution in [1.82, 2.24) is 4.90 Å². The quantitative estimate of drug-likeness (QED) is 0.373. The fourth-order valence-electron chi connectivity index (χ4n) is 3.40. The summed E-state index contributed by atoms with van der Waals surface area (Å²) in [5.74, 6) is -1.32. The molecular formula is C22H19NO3S2. The minimum absolute atomic E-state index is 0.117. The van der Waals surface area contributed by atoms with Crippen molar-refractivity contribution in [3.05, 3.63) is 85.2 Å². The molecule has 1 saturated heterocycles. The Morgan fingerprint density at radius 2 is 1.79 bits per heavy atom. The van der Waals surface area contributed by atoms with Crippen LogP contribution in [0.25, 0.3) is 5.76 Å². The highest BCUT2D eigenvalue weighted by Gasteiger charge is 2.46. The zero-order chi connectivity index (χ0) is 19.8. The number of rotatable bonds is 4. The first-order chi connectivity index (χ1) is 13.5. The Hall–Kier alpha value is -2.70. The maximum atomic E-state index is 12.9. The van der Waals surface area contributed by atoms with Gasteiger partial charge in [-0.05, 0) is 53.9 Å². The van der Waals surface area contributed by atoms with Crippen LogP contribution in [-0.4, -0.2) is 21.7 Å². The summed E-state index contributed by atoms with van der Waals surface area (Å²) in [4.78, 5) is 29.2. The van der Waals surface area contributed by atoms with Gasteiger partial charge in [-0.25, -0.2) is 0 Å². The van der Waals surface area contributed by atoms with Crippen LogP contribution in [0, 0.1) is 13.8 Å². The van der Waals surface area contributed by atoms with Gasteiger partial charge in [-0.1, -0.05) is 24.3 Å². The normalized spacial score (nSPS) is 18.8. The second kappa shape index (κ2) is 7.37. The number of aliphatic hydroxyl groups is 1. The number of nitrogens with zero attached hydrogens (tertiary/aromatic N) is 1. The van der Waals surface area contributed by atoms with E-state index in [1.165, 1.54) is 11.3 Å². The van der Waals surface area contributed by atoms with Crippen molar-refractivity contribution in [3.63, 3.8) is 0 Å². The van der Waals surface area contributed by atoms with Crippen molar-refractivity contribution < 1.29 is 14.7 Å². The summed E-state index contributed by atoms with van der Waals surface area (Å²) in [5, 5.41) is 14.9. The lowest BCUT2D eigenvalue weighted by atomic mass is 9.98. The molecule has 4 rings (SSSR count). The van der Waals surface area contributed by atoms with Crippen LogP contribution in [-0.2, 0) is 16.1 Å². The Bertz CT molecular complexity index is 1070. The van der Waals surface area contributed by atoms with E-state index in [0.29, 0.717) is 12.1 Å². The van der Waals surface area contributed by atoms with Crippen LogP contribution in [0.1, 0.15) is 32.5 Å². The van der Waals surface area contributed by atoms with E-state index in [1.54, 1.807) is 22.3 Å². The monoisotopic (exact) mass is 409 g/mol. The molecule has 0 aliphatic carbocycles. The first-order valence-corrected chi connectivity index (χ1v) is 10.6. The highest BCUT2D eigenvalue weighted by molar-refractivity contribution is 7.10. The Kier molecular flexibility index (Phi) is 4.91. The third-order valence-corrected chi connectivity index (χ3v) is 6.83. The number of ketones is 1. The molecule has 1 aliphatic heterocycles. The standard InChI is InChI=1S/C22H19NO3S2/c1-13-7-8-15(11-14(13)2)20(24)18-19(17-6-4-10-28-17)23(22(26)21(18)25)12-16-5-3-9-27-16/h3-11,19,24H,12H2,1-2H3/b20-18-. The molecule has 1 aromatic carbocycles. The topological polar surface area (TPSA) is 57.6 Å². The van der Waals surface area contributed by atoms with Crippen molar-refractivity contribution in [3.8, 4) is 0 Å². The third-order valence-electron chi connectivity index (χ3n) is 5.04. The van der Waals surface area contributed by atoms with Crippen LogP contribution in [0.3, 0.4) is 0 Å². The summed E-state index contributed by atoms with van der Waals surface area (Å²) in [6.45, 7) is 4.29. The Labute approximate surface area is 171 Å². The number of carbonyl (C=O) groups excluding carboxylic acids is 2. The first-order valence-electron chi connectivity index (χ1n) is 8.89. The Morgan fingerprint density at radius 1 is 1.04 bits per heavy atom. The highest BCUT2D eigenvalue weighted by atomic mass is 32.1. The number of likely N-dealkylation sites (tertiary alicyclic amines) is 1. The molecule has 1 N–H and O–H groups in total. The van der Waals surface area contributed by atoms with Crippen LogP contribution in [0.2, 0.25) is 0 Å². The van der Waals surface area contributed by atoms with E-state index in [1.807, 2.05) is 61.0 Å². The van der Waals surface area contributed by atoms with Crippen molar-refractivity contribution in [1.29, 1.82) is 0 Å². The number of aryl methyl sites for hydroxylation is 2. The summed E-state index contributed by atoms with van der Waals surface area (Å²) in [6, 6.07) is 12.6. The lowest BCUT2D eigenvalue weighted by Crippen LogP contribution is -2.28. The predicted octanol–water partition coefficient (Wildman–Crippen LogP) is 5.05. The van der Waals surface area contributed by atoms with E-state index in [4.69, 9.17) is 0 Å². The number of Topliss-reactive ketones (excluding diaryl/α,β-unsaturated/α-hetero) is 1. The maximum Gasteiger partial charge on any atom is 0.296 e. The zero-order valence-corrected chi connectivity index (χ0v) is 17.1. The van der Waals surface area contributed by atoms with Gasteiger partial charge in [0.15, 0.2) is 0 Å². The number of hydrogen-bond donors (Lipinski definition) is 1. The minimum atomic E-state index is -0.634. The lowest BCUT2D eigenvalue weighted by Gasteiger charge is -2.23. The summed E-state index contributed by atoms with van der Waals surface area (Å²) in [5.41, 5.74) is 2.83. The number of amides is 1. The molecule has 4 nitrogen and oxygen atoms in total. The van der Waals surface area contributed by atoms with Crippen LogP contribution in [0.5, 0.6) is 0 Å². The van der Waals surface area contributed by atoms with Gasteiger partial charge < -0.3 is 10.0 Å². The van der Waals surface area contributed by atoms with Gasteiger partial charge >= 0.3 is 0 Å². The number of hydrogen-bond acceptors (Lipinski definition) is 5. The molecule has 6 heteroatoms. The molecule has 1 aliphatic rings. The second-order valence-corrected chi connectivity index (χ2v) is 8.83. The van der Waals surface area contributed by atoms with Crippen molar-refractivity contribution in [2.24, 2.45) is 0 Å². The molecule has 0 saturated carbocycles. The molecule has 0 radical (unpaired) electrons. The van der Waals surface area contributed by atoms with Crippen LogP contribution < -0.4 is 0 Å². The lowest BCUT2D eigenvalue weighted by molar-refractivity contribution is -0.140. The largest absolute Gasteiger partial charge is 0.507 e. The van der Waals surface area contributed by atoms with Crippen LogP contribution in [0.15, 0.2) is 58.8 Å². The Morgan fingerprint density at radius 3 is 2.43 bits per heavy atom. The molecule has 0 bridgehead atoms. The van der Waals surface area contributed by atoms with E-state index in [-0.39, 0.29) is 11.3 Å². The highest BCUT2D eigenvalue weighted by Crippen LogP contribution is 2.42. The second-order valence-electron chi connectivity index (χ2n) is 6.82. The average Bonchev–Trinajstić information content (AvgIpc) is 3.42. The van der Waals surface area contributed by atoms with Crippen LogP contribution in [0.4, 0.5) is 0 Å². The first kappa shape index (κ1) is 18.7. The van der Waals surface area contributed by atoms with E-state index in [0.717, 1.165) is 20.9 Å². The van der Waals surface area contributed by atoms with Gasteiger partial charge in [0.25, 0.3) is 11.7 Å². The summed E-state index contributed by atoms with van der Waals surface area (Å²) in [6.07, 6.45) is 0. The molecule has 3 heterocycles. The minimum Gasteiger partial charge on any atom is -0.507 e. The molecule has 142 valence electrons. The van der Waals surface area contributed by atoms with E-state index < -0.39 is 17.7 Å². The molecular weight excluding hydrogens is 390 g/mol. The number of benzene rings is 1. The van der Waals surface area contributed by atoms with Crippen LogP contribution >= 0.6 is 22.7 Å². The molecule has 1 unspecified atom stereocenters. The van der Waals surface area contributed by atoms with Gasteiger partial charge in [-0.15, -0.1) is 22.7 Å². The molecule has 0 spiro atoms. The summed E-state index contributed by atoms with van der Waals surface area (Å²) >= 11 is 3.02. The maximum absolute atomic E-state index is 12.9. The van der Waals surface area contributed by atoms with Gasteiger partial charge in [0, 0.05) is 15.3 Å². The molecule has 3 aromatic rings. The van der Waals surface area contributed by atoms with Gasteiger partial charge in [-0.3, -0.25) is 9.59 Å². The van der Waals surface area contributed by atoms with E-state index >= 15 is 0 Å². The van der Waals surface area contributed by atoms with Gasteiger partial charge in [0.1, 0.15) is 11.8 Å². The Balaban J connectivity index is 1.85. The fourth-order valence-corrected chi connectivity index (χ4v) is 4.95. The zero-order valence-electron chi connectivity index (χ0n) is 15.5. The average molecular weight is 410 g/mol. The third kappa shape index (κ3) is 3.19. The van der Waals surface area contributed by atoms with E-state index in [9.17, 15) is 14.7 Å². The number of carbonyl (C=O) groups is 2. The molecule has 1 atom stereocenters. The number of thiophene rings is 2. The van der Waals surface area contributed by atoms with E-state index in [2.05, 4.69) is 0 Å².